The molecule has 0 aromatic heterocycles. The monoisotopic (exact) mass is 288 g/mol. The van der Waals surface area contributed by atoms with Crippen LogP contribution in [0, 0.1) is 5.92 Å². The van der Waals surface area contributed by atoms with Crippen molar-refractivity contribution in [1.29, 1.82) is 0 Å². The third-order valence-electron chi connectivity index (χ3n) is 4.33. The molecule has 2 rings (SSSR count). The predicted molar refractivity (Wildman–Crippen MR) is 93.1 cm³/mol. The van der Waals surface area contributed by atoms with E-state index in [4.69, 9.17) is 0 Å². The van der Waals surface area contributed by atoms with E-state index in [0.29, 0.717) is 0 Å². The summed E-state index contributed by atoms with van der Waals surface area (Å²) in [6.45, 7) is 12.5. The van der Waals surface area contributed by atoms with Gasteiger partial charge in [-0.25, -0.2) is 0 Å². The Morgan fingerprint density at radius 1 is 1.19 bits per heavy atom. The van der Waals surface area contributed by atoms with Crippen LogP contribution < -0.4 is 10.2 Å². The molecule has 1 aromatic carbocycles. The molecule has 1 fully saturated rings. The van der Waals surface area contributed by atoms with Crippen LogP contribution in [0.5, 0.6) is 0 Å². The van der Waals surface area contributed by atoms with Gasteiger partial charge in [0.1, 0.15) is 0 Å². The first-order valence-electron chi connectivity index (χ1n) is 8.57. The van der Waals surface area contributed by atoms with Gasteiger partial charge in [-0.2, -0.15) is 0 Å². The van der Waals surface area contributed by atoms with Gasteiger partial charge in [0.25, 0.3) is 0 Å². The zero-order valence-corrected chi connectivity index (χ0v) is 14.3. The average Bonchev–Trinajstić information content (AvgIpc) is 2.92. The molecule has 2 heteroatoms. The highest BCUT2D eigenvalue weighted by Gasteiger charge is 2.23. The minimum absolute atomic E-state index is 0.231. The molecule has 1 aromatic rings. The third-order valence-corrected chi connectivity index (χ3v) is 4.33. The summed E-state index contributed by atoms with van der Waals surface area (Å²) in [5.74, 6) is 0.781. The van der Waals surface area contributed by atoms with Crippen molar-refractivity contribution in [2.45, 2.75) is 58.9 Å². The molecule has 0 radical (unpaired) electrons. The predicted octanol–water partition coefficient (Wildman–Crippen LogP) is 4.24. The standard InChI is InChI=1S/C19H32N2/c1-5-6-7-16-8-10-18(11-9-16)21-13-12-17(15-21)14-20-19(2,3)4/h8-11,17,20H,5-7,12-15H2,1-4H3. The molecule has 118 valence electrons. The van der Waals surface area contributed by atoms with E-state index < -0.39 is 0 Å². The number of rotatable bonds is 6. The summed E-state index contributed by atoms with van der Waals surface area (Å²) in [6.07, 6.45) is 5.09. The van der Waals surface area contributed by atoms with Crippen molar-refractivity contribution in [2.24, 2.45) is 5.92 Å². The molecule has 1 unspecified atom stereocenters. The van der Waals surface area contributed by atoms with Crippen LogP contribution >= 0.6 is 0 Å². The van der Waals surface area contributed by atoms with Crippen molar-refractivity contribution in [3.05, 3.63) is 29.8 Å². The molecule has 0 amide bonds. The van der Waals surface area contributed by atoms with Gasteiger partial charge in [-0.3, -0.25) is 0 Å². The van der Waals surface area contributed by atoms with Gasteiger partial charge in [0.2, 0.25) is 0 Å². The number of benzene rings is 1. The zero-order chi connectivity index (χ0) is 15.3. The summed E-state index contributed by atoms with van der Waals surface area (Å²) in [4.78, 5) is 2.54. The second kappa shape index (κ2) is 7.31. The second-order valence-corrected chi connectivity index (χ2v) is 7.50. The summed E-state index contributed by atoms with van der Waals surface area (Å²) in [5, 5.41) is 3.64. The largest absolute Gasteiger partial charge is 0.371 e. The summed E-state index contributed by atoms with van der Waals surface area (Å²) >= 11 is 0. The van der Waals surface area contributed by atoms with E-state index in [9.17, 15) is 0 Å². The van der Waals surface area contributed by atoms with Gasteiger partial charge in [0, 0.05) is 30.9 Å². The summed E-state index contributed by atoms with van der Waals surface area (Å²) in [7, 11) is 0. The molecule has 1 N–H and O–H groups in total. The van der Waals surface area contributed by atoms with E-state index in [-0.39, 0.29) is 5.54 Å². The molecule has 1 aliphatic heterocycles. The fourth-order valence-electron chi connectivity index (χ4n) is 2.94. The van der Waals surface area contributed by atoms with Crippen LogP contribution in [0.25, 0.3) is 0 Å². The Morgan fingerprint density at radius 2 is 1.90 bits per heavy atom. The van der Waals surface area contributed by atoms with Crippen molar-refractivity contribution in [2.75, 3.05) is 24.5 Å². The summed E-state index contributed by atoms with van der Waals surface area (Å²) < 4.78 is 0. The molecular weight excluding hydrogens is 256 g/mol. The van der Waals surface area contributed by atoms with Crippen LogP contribution in [-0.4, -0.2) is 25.2 Å². The lowest BCUT2D eigenvalue weighted by molar-refractivity contribution is 0.383. The van der Waals surface area contributed by atoms with E-state index in [1.807, 2.05) is 0 Å². The maximum Gasteiger partial charge on any atom is 0.0366 e. The Kier molecular flexibility index (Phi) is 5.69. The van der Waals surface area contributed by atoms with Crippen molar-refractivity contribution < 1.29 is 0 Å². The Labute approximate surface area is 130 Å². The fourth-order valence-corrected chi connectivity index (χ4v) is 2.94. The van der Waals surface area contributed by atoms with E-state index in [1.165, 1.54) is 50.0 Å². The Morgan fingerprint density at radius 3 is 2.52 bits per heavy atom. The minimum atomic E-state index is 0.231. The highest BCUT2D eigenvalue weighted by Crippen LogP contribution is 2.24. The van der Waals surface area contributed by atoms with Crippen molar-refractivity contribution in [3.63, 3.8) is 0 Å². The van der Waals surface area contributed by atoms with Crippen LogP contribution in [0.4, 0.5) is 5.69 Å². The van der Waals surface area contributed by atoms with Crippen molar-refractivity contribution in [3.8, 4) is 0 Å². The molecule has 0 aliphatic carbocycles. The summed E-state index contributed by atoms with van der Waals surface area (Å²) in [5.41, 5.74) is 3.10. The van der Waals surface area contributed by atoms with Gasteiger partial charge in [-0.1, -0.05) is 25.5 Å². The quantitative estimate of drug-likeness (QED) is 0.842. The number of unbranched alkanes of at least 4 members (excludes halogenated alkanes) is 1. The van der Waals surface area contributed by atoms with Crippen LogP contribution in [-0.2, 0) is 6.42 Å². The SMILES string of the molecule is CCCCc1ccc(N2CCC(CNC(C)(C)C)C2)cc1. The number of hydrogen-bond acceptors (Lipinski definition) is 2. The number of hydrogen-bond donors (Lipinski definition) is 1. The van der Waals surface area contributed by atoms with Gasteiger partial charge < -0.3 is 10.2 Å². The first-order chi connectivity index (χ1) is 9.98. The molecule has 21 heavy (non-hydrogen) atoms. The normalized spacial score (nSPS) is 19.2. The van der Waals surface area contributed by atoms with Gasteiger partial charge >= 0.3 is 0 Å². The van der Waals surface area contributed by atoms with Crippen LogP contribution in [0.2, 0.25) is 0 Å². The molecule has 0 spiro atoms. The Bertz CT molecular complexity index is 416. The average molecular weight is 288 g/mol. The lowest BCUT2D eigenvalue weighted by Crippen LogP contribution is -2.39. The molecule has 1 atom stereocenters. The Balaban J connectivity index is 1.83. The van der Waals surface area contributed by atoms with E-state index in [0.717, 1.165) is 12.5 Å². The fraction of sp³-hybridized carbons (Fsp3) is 0.684. The maximum absolute atomic E-state index is 3.64. The summed E-state index contributed by atoms with van der Waals surface area (Å²) in [6, 6.07) is 9.24. The van der Waals surface area contributed by atoms with Gasteiger partial charge in [0.15, 0.2) is 0 Å². The number of aryl methyl sites for hydroxylation is 1. The van der Waals surface area contributed by atoms with Crippen LogP contribution in [0.3, 0.4) is 0 Å². The Hall–Kier alpha value is -1.02. The molecule has 2 nitrogen and oxygen atoms in total. The van der Waals surface area contributed by atoms with Gasteiger partial charge in [-0.15, -0.1) is 0 Å². The van der Waals surface area contributed by atoms with E-state index >= 15 is 0 Å². The maximum atomic E-state index is 3.64. The third kappa shape index (κ3) is 5.35. The zero-order valence-electron chi connectivity index (χ0n) is 14.3. The van der Waals surface area contributed by atoms with E-state index in [2.05, 4.69) is 62.2 Å². The number of nitrogens with zero attached hydrogens (tertiary/aromatic N) is 1. The van der Waals surface area contributed by atoms with E-state index in [1.54, 1.807) is 0 Å². The highest BCUT2D eigenvalue weighted by atomic mass is 15.2. The highest BCUT2D eigenvalue weighted by molar-refractivity contribution is 5.48. The van der Waals surface area contributed by atoms with Crippen molar-refractivity contribution >= 4 is 5.69 Å². The molecule has 1 saturated heterocycles. The lowest BCUT2D eigenvalue weighted by atomic mass is 10.1. The number of nitrogens with one attached hydrogen (secondary N) is 1. The first kappa shape index (κ1) is 16.4. The first-order valence-corrected chi connectivity index (χ1v) is 8.57. The lowest BCUT2D eigenvalue weighted by Gasteiger charge is -2.24. The molecule has 0 bridgehead atoms. The topological polar surface area (TPSA) is 15.3 Å². The molecule has 0 saturated carbocycles. The number of anilines is 1. The molecule has 1 aliphatic rings. The van der Waals surface area contributed by atoms with Crippen molar-refractivity contribution in [1.82, 2.24) is 5.32 Å². The smallest absolute Gasteiger partial charge is 0.0366 e. The van der Waals surface area contributed by atoms with Gasteiger partial charge in [-0.05, 0) is 63.6 Å². The molecule has 1 heterocycles. The molecular formula is C19H32N2. The second-order valence-electron chi connectivity index (χ2n) is 7.50. The van der Waals surface area contributed by atoms with Gasteiger partial charge in [0.05, 0.1) is 0 Å². The van der Waals surface area contributed by atoms with Crippen LogP contribution in [0.15, 0.2) is 24.3 Å². The minimum Gasteiger partial charge on any atom is -0.371 e. The van der Waals surface area contributed by atoms with Crippen LogP contribution in [0.1, 0.15) is 52.5 Å².